The first-order chi connectivity index (χ1) is 12.2. The normalized spacial score (nSPS) is 27.0. The summed E-state index contributed by atoms with van der Waals surface area (Å²) in [7, 11) is 0. The van der Waals surface area contributed by atoms with E-state index < -0.39 is 6.10 Å². The quantitative estimate of drug-likeness (QED) is 0.749. The van der Waals surface area contributed by atoms with Crippen molar-refractivity contribution in [1.29, 1.82) is 0 Å². The van der Waals surface area contributed by atoms with Gasteiger partial charge in [-0.25, -0.2) is 0 Å². The van der Waals surface area contributed by atoms with Crippen molar-refractivity contribution in [2.45, 2.75) is 91.2 Å². The zero-order chi connectivity index (χ0) is 19.2. The third-order valence-corrected chi connectivity index (χ3v) is 6.02. The largest absolute Gasteiger partial charge is 0.391 e. The molecule has 0 saturated heterocycles. The Morgan fingerprint density at radius 3 is 2.04 bits per heavy atom. The van der Waals surface area contributed by atoms with Gasteiger partial charge in [0.2, 0.25) is 0 Å². The Morgan fingerprint density at radius 2 is 1.46 bits per heavy atom. The van der Waals surface area contributed by atoms with Crippen molar-refractivity contribution < 1.29 is 9.90 Å². The van der Waals surface area contributed by atoms with Gasteiger partial charge in [-0.15, -0.1) is 0 Å². The molecule has 0 heterocycles. The number of rotatable bonds is 2. The summed E-state index contributed by atoms with van der Waals surface area (Å²) in [6, 6.07) is 9.13. The lowest BCUT2D eigenvalue weighted by Crippen LogP contribution is -2.43. The molecule has 3 nitrogen and oxygen atoms in total. The number of aliphatic hydroxyl groups is 1. The standard InChI is InChI=1S/C23H37NO2/c1-22(2)14-8-12-19(24-21(26)18-10-6-5-7-11-18)20(25)13-9-15-23(3,4)17-16-22/h5-7,10-11,19-20,25H,8-9,12-17H2,1-4H3,(H,24,26). The number of hydrogen-bond acceptors (Lipinski definition) is 2. The van der Waals surface area contributed by atoms with Gasteiger partial charge >= 0.3 is 0 Å². The van der Waals surface area contributed by atoms with E-state index >= 15 is 0 Å². The molecule has 2 unspecified atom stereocenters. The molecule has 0 bridgehead atoms. The number of hydrogen-bond donors (Lipinski definition) is 2. The van der Waals surface area contributed by atoms with Crippen LogP contribution in [-0.2, 0) is 0 Å². The number of amides is 1. The van der Waals surface area contributed by atoms with Crippen LogP contribution in [0, 0.1) is 10.8 Å². The van der Waals surface area contributed by atoms with Crippen LogP contribution in [0.25, 0.3) is 0 Å². The van der Waals surface area contributed by atoms with E-state index in [1.807, 2.05) is 30.3 Å². The van der Waals surface area contributed by atoms with Crippen LogP contribution in [0.2, 0.25) is 0 Å². The summed E-state index contributed by atoms with van der Waals surface area (Å²) in [6.45, 7) is 9.39. The molecule has 1 aromatic carbocycles. The lowest BCUT2D eigenvalue weighted by atomic mass is 9.73. The van der Waals surface area contributed by atoms with Crippen LogP contribution < -0.4 is 5.32 Å². The van der Waals surface area contributed by atoms with Crippen LogP contribution in [0.1, 0.15) is 89.4 Å². The average Bonchev–Trinajstić information content (AvgIpc) is 2.59. The summed E-state index contributed by atoms with van der Waals surface area (Å²) in [5, 5.41) is 13.8. The molecule has 2 rings (SSSR count). The second-order valence-corrected chi connectivity index (χ2v) is 9.63. The molecule has 146 valence electrons. The van der Waals surface area contributed by atoms with Gasteiger partial charge in [-0.2, -0.15) is 0 Å². The SMILES string of the molecule is CC1(C)CCCC(O)C(NC(=O)c2ccccc2)CCCC(C)(C)CC1. The van der Waals surface area contributed by atoms with E-state index in [0.717, 1.165) is 38.5 Å². The molecule has 1 aromatic rings. The highest BCUT2D eigenvalue weighted by atomic mass is 16.3. The van der Waals surface area contributed by atoms with Gasteiger partial charge in [-0.3, -0.25) is 4.79 Å². The zero-order valence-electron chi connectivity index (χ0n) is 17.1. The predicted molar refractivity (Wildman–Crippen MR) is 108 cm³/mol. The zero-order valence-corrected chi connectivity index (χ0v) is 17.1. The first-order valence-corrected chi connectivity index (χ1v) is 10.2. The highest BCUT2D eigenvalue weighted by Crippen LogP contribution is 2.38. The Morgan fingerprint density at radius 1 is 0.923 bits per heavy atom. The summed E-state index contributed by atoms with van der Waals surface area (Å²) < 4.78 is 0. The van der Waals surface area contributed by atoms with Crippen molar-refractivity contribution in [2.24, 2.45) is 10.8 Å². The van der Waals surface area contributed by atoms with Crippen LogP contribution in [-0.4, -0.2) is 23.2 Å². The first kappa shape index (κ1) is 21.0. The summed E-state index contributed by atoms with van der Waals surface area (Å²) in [4.78, 5) is 12.5. The van der Waals surface area contributed by atoms with Crippen molar-refractivity contribution in [3.63, 3.8) is 0 Å². The average molecular weight is 360 g/mol. The number of nitrogens with one attached hydrogen (secondary N) is 1. The minimum atomic E-state index is -0.471. The van der Waals surface area contributed by atoms with Gasteiger partial charge in [0.05, 0.1) is 12.1 Å². The molecule has 2 N–H and O–H groups in total. The Kier molecular flexibility index (Phi) is 7.28. The maximum atomic E-state index is 12.5. The summed E-state index contributed by atoms with van der Waals surface area (Å²) in [5.41, 5.74) is 1.29. The molecular formula is C23H37NO2. The van der Waals surface area contributed by atoms with Gasteiger partial charge < -0.3 is 10.4 Å². The molecule has 1 amide bonds. The topological polar surface area (TPSA) is 49.3 Å². The lowest BCUT2D eigenvalue weighted by Gasteiger charge is -2.34. The second-order valence-electron chi connectivity index (χ2n) is 9.63. The molecule has 0 aliphatic heterocycles. The summed E-state index contributed by atoms with van der Waals surface area (Å²) >= 11 is 0. The van der Waals surface area contributed by atoms with Crippen molar-refractivity contribution in [2.75, 3.05) is 0 Å². The van der Waals surface area contributed by atoms with Crippen LogP contribution in [0.4, 0.5) is 0 Å². The third-order valence-electron chi connectivity index (χ3n) is 6.02. The molecule has 1 aliphatic rings. The second kappa shape index (κ2) is 9.03. The van der Waals surface area contributed by atoms with Gasteiger partial charge in [0, 0.05) is 5.56 Å². The highest BCUT2D eigenvalue weighted by molar-refractivity contribution is 5.94. The van der Waals surface area contributed by atoms with Crippen molar-refractivity contribution in [3.05, 3.63) is 35.9 Å². The van der Waals surface area contributed by atoms with Crippen LogP contribution >= 0.6 is 0 Å². The Labute approximate surface area is 159 Å². The minimum Gasteiger partial charge on any atom is -0.391 e. The van der Waals surface area contributed by atoms with Crippen LogP contribution in [0.3, 0.4) is 0 Å². The van der Waals surface area contributed by atoms with E-state index in [1.165, 1.54) is 12.8 Å². The molecule has 1 saturated carbocycles. The smallest absolute Gasteiger partial charge is 0.251 e. The molecular weight excluding hydrogens is 322 g/mol. The van der Waals surface area contributed by atoms with Crippen molar-refractivity contribution in [1.82, 2.24) is 5.32 Å². The molecule has 26 heavy (non-hydrogen) atoms. The first-order valence-electron chi connectivity index (χ1n) is 10.2. The van der Waals surface area contributed by atoms with E-state index in [2.05, 4.69) is 33.0 Å². The summed E-state index contributed by atoms with van der Waals surface area (Å²) in [6.07, 6.45) is 7.90. The molecule has 2 atom stereocenters. The van der Waals surface area contributed by atoms with E-state index in [1.54, 1.807) is 0 Å². The summed E-state index contributed by atoms with van der Waals surface area (Å²) in [5.74, 6) is -0.0821. The molecule has 3 heteroatoms. The maximum absolute atomic E-state index is 12.5. The maximum Gasteiger partial charge on any atom is 0.251 e. The van der Waals surface area contributed by atoms with E-state index in [4.69, 9.17) is 0 Å². The molecule has 1 aliphatic carbocycles. The van der Waals surface area contributed by atoms with E-state index in [9.17, 15) is 9.90 Å². The Hall–Kier alpha value is -1.35. The van der Waals surface area contributed by atoms with Crippen LogP contribution in [0.15, 0.2) is 30.3 Å². The predicted octanol–water partition coefficient (Wildman–Crippen LogP) is 5.33. The minimum absolute atomic E-state index is 0.0821. The van der Waals surface area contributed by atoms with E-state index in [-0.39, 0.29) is 11.9 Å². The van der Waals surface area contributed by atoms with E-state index in [0.29, 0.717) is 16.4 Å². The lowest BCUT2D eigenvalue weighted by molar-refractivity contribution is 0.0755. The Bertz CT molecular complexity index is 565. The number of benzene rings is 1. The molecule has 0 aromatic heterocycles. The van der Waals surface area contributed by atoms with Gasteiger partial charge in [0.15, 0.2) is 0 Å². The third kappa shape index (κ3) is 6.75. The van der Waals surface area contributed by atoms with Crippen molar-refractivity contribution >= 4 is 5.91 Å². The molecule has 0 radical (unpaired) electrons. The highest BCUT2D eigenvalue weighted by Gasteiger charge is 2.28. The number of aliphatic hydroxyl groups excluding tert-OH is 1. The molecule has 1 fully saturated rings. The monoisotopic (exact) mass is 359 g/mol. The van der Waals surface area contributed by atoms with Gasteiger partial charge in [-0.05, 0) is 61.5 Å². The fraction of sp³-hybridized carbons (Fsp3) is 0.696. The van der Waals surface area contributed by atoms with Crippen LogP contribution in [0.5, 0.6) is 0 Å². The van der Waals surface area contributed by atoms with Gasteiger partial charge in [0.1, 0.15) is 0 Å². The fourth-order valence-electron chi connectivity index (χ4n) is 3.92. The van der Waals surface area contributed by atoms with Crippen molar-refractivity contribution in [3.8, 4) is 0 Å². The van der Waals surface area contributed by atoms with Gasteiger partial charge in [-0.1, -0.05) is 58.7 Å². The Balaban J connectivity index is 2.05. The number of carbonyl (C=O) groups excluding carboxylic acids is 1. The fourth-order valence-corrected chi connectivity index (χ4v) is 3.92. The molecule has 0 spiro atoms. The number of carbonyl (C=O) groups is 1. The van der Waals surface area contributed by atoms with Gasteiger partial charge in [0.25, 0.3) is 5.91 Å².